The highest BCUT2D eigenvalue weighted by molar-refractivity contribution is 5.96. The molecule has 0 bridgehead atoms. The minimum absolute atomic E-state index is 0.00458. The Kier molecular flexibility index (Phi) is 17.1. The lowest BCUT2D eigenvalue weighted by Crippen LogP contribution is -2.60. The molecule has 0 aromatic carbocycles. The second-order valence-corrected chi connectivity index (χ2v) is 10.9. The van der Waals surface area contributed by atoms with E-state index >= 15 is 0 Å². The SMILES string of the molecule is CC(C)C[C@H](NC(=O)[C@@H](NC(=O)[C@H](C)NC(=O)[C@H](CO)NC(=O)[C@@H](N)[C@@H](C)O)C(C)C)C(=O)N[C@H](C=O)CCC(N)=O. The number of hydrogen-bond donors (Lipinski definition) is 9. The summed E-state index contributed by atoms with van der Waals surface area (Å²) in [5, 5.41) is 31.1. The van der Waals surface area contributed by atoms with E-state index in [1.165, 1.54) is 13.8 Å². The van der Waals surface area contributed by atoms with Crippen LogP contribution < -0.4 is 38.1 Å². The molecule has 6 amide bonds. The Morgan fingerprint density at radius 1 is 0.762 bits per heavy atom. The number of aliphatic hydroxyl groups excluding tert-OH is 2. The minimum atomic E-state index is -1.46. The lowest BCUT2D eigenvalue weighted by atomic mass is 9.99. The molecule has 42 heavy (non-hydrogen) atoms. The molecule has 0 aliphatic rings. The van der Waals surface area contributed by atoms with Crippen LogP contribution in [0.1, 0.15) is 60.8 Å². The fourth-order valence-corrected chi connectivity index (χ4v) is 3.59. The Labute approximate surface area is 245 Å². The highest BCUT2D eigenvalue weighted by Crippen LogP contribution is 2.09. The van der Waals surface area contributed by atoms with Crippen molar-refractivity contribution in [3.05, 3.63) is 0 Å². The third-order valence-electron chi connectivity index (χ3n) is 6.17. The number of primary amides is 1. The summed E-state index contributed by atoms with van der Waals surface area (Å²) < 4.78 is 0. The molecule has 16 heteroatoms. The van der Waals surface area contributed by atoms with Gasteiger partial charge in [-0.25, -0.2) is 0 Å². The van der Waals surface area contributed by atoms with Crippen LogP contribution in [-0.2, 0) is 33.6 Å². The summed E-state index contributed by atoms with van der Waals surface area (Å²) >= 11 is 0. The van der Waals surface area contributed by atoms with Gasteiger partial charge in [-0.1, -0.05) is 27.7 Å². The van der Waals surface area contributed by atoms with E-state index in [1.807, 2.05) is 13.8 Å². The Hall–Kier alpha value is -3.63. The third kappa shape index (κ3) is 13.8. The van der Waals surface area contributed by atoms with Gasteiger partial charge in [-0.15, -0.1) is 0 Å². The second kappa shape index (κ2) is 18.7. The van der Waals surface area contributed by atoms with Crippen LogP contribution in [0.3, 0.4) is 0 Å². The number of rotatable bonds is 19. The first-order chi connectivity index (χ1) is 19.4. The van der Waals surface area contributed by atoms with Gasteiger partial charge in [-0.2, -0.15) is 0 Å². The van der Waals surface area contributed by atoms with Crippen molar-refractivity contribution in [1.29, 1.82) is 0 Å². The van der Waals surface area contributed by atoms with Crippen molar-refractivity contribution < 1.29 is 43.8 Å². The van der Waals surface area contributed by atoms with Crippen LogP contribution >= 0.6 is 0 Å². The topological polar surface area (TPSA) is 272 Å². The average Bonchev–Trinajstić information content (AvgIpc) is 2.90. The molecule has 0 saturated heterocycles. The van der Waals surface area contributed by atoms with Crippen LogP contribution in [0.5, 0.6) is 0 Å². The van der Waals surface area contributed by atoms with Crippen LogP contribution in [0.2, 0.25) is 0 Å². The molecule has 0 heterocycles. The third-order valence-corrected chi connectivity index (χ3v) is 6.17. The Balaban J connectivity index is 5.46. The van der Waals surface area contributed by atoms with E-state index in [1.54, 1.807) is 13.8 Å². The minimum Gasteiger partial charge on any atom is -0.394 e. The lowest BCUT2D eigenvalue weighted by Gasteiger charge is -2.28. The number of carbonyl (C=O) groups is 7. The molecule has 0 saturated carbocycles. The molecule has 0 aliphatic heterocycles. The number of aldehydes is 1. The molecule has 0 radical (unpaired) electrons. The van der Waals surface area contributed by atoms with Gasteiger partial charge in [-0.3, -0.25) is 28.8 Å². The maximum atomic E-state index is 13.2. The first-order valence-electron chi connectivity index (χ1n) is 13.7. The molecule has 11 N–H and O–H groups in total. The molecule has 0 fully saturated rings. The molecular formula is C26H47N7O9. The number of hydrogen-bond acceptors (Lipinski definition) is 10. The van der Waals surface area contributed by atoms with Crippen molar-refractivity contribution in [2.45, 2.75) is 103 Å². The molecular weight excluding hydrogens is 554 g/mol. The average molecular weight is 602 g/mol. The van der Waals surface area contributed by atoms with Crippen LogP contribution in [0.15, 0.2) is 0 Å². The van der Waals surface area contributed by atoms with Gasteiger partial charge in [0.05, 0.1) is 18.8 Å². The van der Waals surface area contributed by atoms with E-state index < -0.39 is 90.3 Å². The van der Waals surface area contributed by atoms with E-state index in [4.69, 9.17) is 11.5 Å². The van der Waals surface area contributed by atoms with Crippen molar-refractivity contribution in [3.63, 3.8) is 0 Å². The van der Waals surface area contributed by atoms with Crippen molar-refractivity contribution in [3.8, 4) is 0 Å². The van der Waals surface area contributed by atoms with Gasteiger partial charge in [0.1, 0.15) is 36.5 Å². The first kappa shape index (κ1) is 38.4. The van der Waals surface area contributed by atoms with Crippen molar-refractivity contribution >= 4 is 41.7 Å². The zero-order chi connectivity index (χ0) is 32.7. The molecule has 0 aliphatic carbocycles. The van der Waals surface area contributed by atoms with Crippen LogP contribution in [0.4, 0.5) is 0 Å². The number of nitrogens with one attached hydrogen (secondary N) is 5. The summed E-state index contributed by atoms with van der Waals surface area (Å²) in [7, 11) is 0. The van der Waals surface area contributed by atoms with E-state index in [9.17, 15) is 43.8 Å². The molecule has 240 valence electrons. The smallest absolute Gasteiger partial charge is 0.245 e. The number of aliphatic hydroxyl groups is 2. The standard InChI is InChI=1S/C26H47N7O9/c1-12(2)9-17(23(39)30-16(10-34)7-8-19(27)37)31-26(42)21(13(3)4)33-22(38)14(5)29-24(40)18(11-35)32-25(41)20(28)15(6)36/h10,12-18,20-21,35-36H,7-9,11,28H2,1-6H3,(H2,27,37)(H,29,40)(H,30,39)(H,31,42)(H,32,41)(H,33,38)/t14-,15+,16-,17-,18-,20-,21-/m0/s1. The van der Waals surface area contributed by atoms with Crippen molar-refractivity contribution in [1.82, 2.24) is 26.6 Å². The number of nitrogens with two attached hydrogens (primary N) is 2. The van der Waals surface area contributed by atoms with Gasteiger partial charge in [0.25, 0.3) is 0 Å². The van der Waals surface area contributed by atoms with Crippen molar-refractivity contribution in [2.75, 3.05) is 6.61 Å². The van der Waals surface area contributed by atoms with E-state index in [-0.39, 0.29) is 25.2 Å². The van der Waals surface area contributed by atoms with Crippen LogP contribution in [-0.4, -0.2) is 101 Å². The van der Waals surface area contributed by atoms with E-state index in [2.05, 4.69) is 26.6 Å². The summed E-state index contributed by atoms with van der Waals surface area (Å²) in [6.45, 7) is 8.73. The number of carbonyl (C=O) groups excluding carboxylic acids is 7. The monoisotopic (exact) mass is 601 g/mol. The fraction of sp³-hybridized carbons (Fsp3) is 0.731. The second-order valence-electron chi connectivity index (χ2n) is 10.9. The zero-order valence-corrected chi connectivity index (χ0v) is 25.0. The normalized spacial score (nSPS) is 16.2. The maximum absolute atomic E-state index is 13.2. The highest BCUT2D eigenvalue weighted by atomic mass is 16.3. The van der Waals surface area contributed by atoms with Crippen molar-refractivity contribution in [2.24, 2.45) is 23.3 Å². The zero-order valence-electron chi connectivity index (χ0n) is 25.0. The van der Waals surface area contributed by atoms with Gasteiger partial charge < -0.3 is 53.1 Å². The Bertz CT molecular complexity index is 958. The van der Waals surface area contributed by atoms with E-state index in [0.717, 1.165) is 0 Å². The summed E-state index contributed by atoms with van der Waals surface area (Å²) in [6.07, 6.45) is -0.666. The highest BCUT2D eigenvalue weighted by Gasteiger charge is 2.32. The Morgan fingerprint density at radius 2 is 1.31 bits per heavy atom. The summed E-state index contributed by atoms with van der Waals surface area (Å²) in [5.41, 5.74) is 10.6. The quantitative estimate of drug-likeness (QED) is 0.0653. The largest absolute Gasteiger partial charge is 0.394 e. The first-order valence-corrected chi connectivity index (χ1v) is 13.7. The summed E-state index contributed by atoms with van der Waals surface area (Å²) in [5.74, 6) is -5.04. The molecule has 0 aromatic rings. The lowest BCUT2D eigenvalue weighted by molar-refractivity contribution is -0.136. The fourth-order valence-electron chi connectivity index (χ4n) is 3.59. The molecule has 0 spiro atoms. The summed E-state index contributed by atoms with van der Waals surface area (Å²) in [6, 6.07) is -7.21. The van der Waals surface area contributed by atoms with Gasteiger partial charge in [-0.05, 0) is 38.5 Å². The van der Waals surface area contributed by atoms with Gasteiger partial charge in [0.15, 0.2) is 0 Å². The molecule has 16 nitrogen and oxygen atoms in total. The Morgan fingerprint density at radius 3 is 1.76 bits per heavy atom. The number of amides is 6. The van der Waals surface area contributed by atoms with Gasteiger partial charge >= 0.3 is 0 Å². The van der Waals surface area contributed by atoms with Crippen LogP contribution in [0, 0.1) is 11.8 Å². The van der Waals surface area contributed by atoms with Gasteiger partial charge in [0.2, 0.25) is 35.4 Å². The van der Waals surface area contributed by atoms with E-state index in [0.29, 0.717) is 6.29 Å². The molecule has 0 aromatic heterocycles. The maximum Gasteiger partial charge on any atom is 0.245 e. The molecule has 0 unspecified atom stereocenters. The predicted molar refractivity (Wildman–Crippen MR) is 151 cm³/mol. The summed E-state index contributed by atoms with van der Waals surface area (Å²) in [4.78, 5) is 86.0. The van der Waals surface area contributed by atoms with Gasteiger partial charge in [0, 0.05) is 6.42 Å². The van der Waals surface area contributed by atoms with Crippen LogP contribution in [0.25, 0.3) is 0 Å². The molecule has 0 rings (SSSR count). The predicted octanol–water partition coefficient (Wildman–Crippen LogP) is -3.70. The molecule has 7 atom stereocenters.